The van der Waals surface area contributed by atoms with E-state index in [0.717, 1.165) is 12.8 Å². The lowest BCUT2D eigenvalue weighted by Gasteiger charge is -2.43. The summed E-state index contributed by atoms with van der Waals surface area (Å²) in [6, 6.07) is 14.2. The van der Waals surface area contributed by atoms with Crippen LogP contribution in [0.5, 0.6) is 0 Å². The Morgan fingerprint density at radius 1 is 1.00 bits per heavy atom. The van der Waals surface area contributed by atoms with Gasteiger partial charge >= 0.3 is 0 Å². The van der Waals surface area contributed by atoms with E-state index in [2.05, 4.69) is 13.8 Å². The zero-order valence-electron chi connectivity index (χ0n) is 17.3. The van der Waals surface area contributed by atoms with Gasteiger partial charge in [-0.15, -0.1) is 0 Å². The van der Waals surface area contributed by atoms with E-state index in [-0.39, 0.29) is 22.8 Å². The molecule has 3 rings (SSSR count). The lowest BCUT2D eigenvalue weighted by atomic mass is 9.61. The zero-order valence-corrected chi connectivity index (χ0v) is 18.1. The third-order valence-corrected chi connectivity index (χ3v) is 7.68. The predicted octanol–water partition coefficient (Wildman–Crippen LogP) is 4.72. The summed E-state index contributed by atoms with van der Waals surface area (Å²) in [4.78, 5) is 13.4. The van der Waals surface area contributed by atoms with Crippen molar-refractivity contribution < 1.29 is 17.6 Å². The van der Waals surface area contributed by atoms with Gasteiger partial charge in [-0.1, -0.05) is 38.1 Å². The summed E-state index contributed by atoms with van der Waals surface area (Å²) >= 11 is 0. The topological polar surface area (TPSA) is 75.0 Å². The van der Waals surface area contributed by atoms with Crippen molar-refractivity contribution in [1.29, 1.82) is 5.26 Å². The molecule has 2 aromatic carbocycles. The summed E-state index contributed by atoms with van der Waals surface area (Å²) in [5, 5.41) is 8.88. The van der Waals surface area contributed by atoms with Gasteiger partial charge in [-0.05, 0) is 66.5 Å². The Labute approximate surface area is 177 Å². The monoisotopic (exact) mass is 427 g/mol. The van der Waals surface area contributed by atoms with E-state index in [1.54, 1.807) is 36.4 Å². The fourth-order valence-corrected chi connectivity index (χ4v) is 5.65. The van der Waals surface area contributed by atoms with Crippen LogP contribution in [-0.2, 0) is 25.8 Å². The van der Waals surface area contributed by atoms with E-state index >= 15 is 0 Å². The van der Waals surface area contributed by atoms with Gasteiger partial charge in [0.05, 0.1) is 22.8 Å². The number of hydrogen-bond donors (Lipinski definition) is 0. The Morgan fingerprint density at radius 2 is 1.57 bits per heavy atom. The molecule has 6 heteroatoms. The first-order valence-corrected chi connectivity index (χ1v) is 11.9. The van der Waals surface area contributed by atoms with E-state index in [4.69, 9.17) is 5.26 Å². The van der Waals surface area contributed by atoms with Crippen LogP contribution in [0.25, 0.3) is 0 Å². The largest absolute Gasteiger partial charge is 0.298 e. The zero-order chi connectivity index (χ0) is 22.0. The van der Waals surface area contributed by atoms with E-state index in [0.29, 0.717) is 29.5 Å². The first kappa shape index (κ1) is 22.2. The molecule has 0 amide bonds. The van der Waals surface area contributed by atoms with E-state index in [1.807, 2.05) is 6.07 Å². The summed E-state index contributed by atoms with van der Waals surface area (Å²) < 4.78 is 39.1. The summed E-state index contributed by atoms with van der Waals surface area (Å²) in [7, 11) is -3.69. The van der Waals surface area contributed by atoms with Crippen LogP contribution in [0.4, 0.5) is 4.39 Å². The minimum absolute atomic E-state index is 0.0885. The minimum atomic E-state index is -3.69. The summed E-state index contributed by atoms with van der Waals surface area (Å²) in [6.45, 7) is 4.29. The van der Waals surface area contributed by atoms with Gasteiger partial charge in [-0.25, -0.2) is 12.8 Å². The third-order valence-electron chi connectivity index (χ3n) is 6.21. The average molecular weight is 428 g/mol. The van der Waals surface area contributed by atoms with Crippen LogP contribution in [0, 0.1) is 22.6 Å². The van der Waals surface area contributed by atoms with Gasteiger partial charge in [0.1, 0.15) is 11.6 Å². The van der Waals surface area contributed by atoms with Crippen molar-refractivity contribution in [3.8, 4) is 6.07 Å². The number of benzene rings is 2. The van der Waals surface area contributed by atoms with Gasteiger partial charge in [0, 0.05) is 0 Å². The number of sulfone groups is 1. The highest BCUT2D eigenvalue weighted by molar-refractivity contribution is 7.91. The highest BCUT2D eigenvalue weighted by Crippen LogP contribution is 2.47. The second kappa shape index (κ2) is 8.31. The molecule has 0 N–H and O–H groups in total. The maximum absolute atomic E-state index is 13.5. The van der Waals surface area contributed by atoms with Crippen molar-refractivity contribution in [2.75, 3.05) is 5.75 Å². The normalized spacial score (nSPS) is 17.8. The molecule has 30 heavy (non-hydrogen) atoms. The molecule has 1 fully saturated rings. The lowest BCUT2D eigenvalue weighted by molar-refractivity contribution is -0.124. The molecule has 0 radical (unpaired) electrons. The molecule has 0 saturated heterocycles. The Kier molecular flexibility index (Phi) is 6.14. The van der Waals surface area contributed by atoms with Gasteiger partial charge in [-0.3, -0.25) is 4.79 Å². The molecule has 2 aromatic rings. The van der Waals surface area contributed by atoms with Crippen LogP contribution in [0.15, 0.2) is 48.5 Å². The molecule has 0 atom stereocenters. The fraction of sp³-hybridized carbons (Fsp3) is 0.417. The standard InChI is InChI=1S/C24H26FNO3S/c1-23(2)11-13-24(14-12-23,20-7-9-21(25)10-8-20)22(27)17-30(28,29)16-19-5-3-18(15-26)4-6-19/h3-10H,11-14,16-17H2,1-2H3. The van der Waals surface area contributed by atoms with Gasteiger partial charge in [0.2, 0.25) is 0 Å². The maximum Gasteiger partial charge on any atom is 0.161 e. The number of Topliss-reactive ketones (excluding diaryl/α,β-unsaturated/α-hetero) is 1. The van der Waals surface area contributed by atoms with Crippen molar-refractivity contribution in [2.45, 2.75) is 50.7 Å². The molecular weight excluding hydrogens is 401 g/mol. The molecule has 0 unspecified atom stereocenters. The number of carbonyl (C=O) groups is 1. The SMILES string of the molecule is CC1(C)CCC(C(=O)CS(=O)(=O)Cc2ccc(C#N)cc2)(c2ccc(F)cc2)CC1. The average Bonchev–Trinajstić information content (AvgIpc) is 2.69. The van der Waals surface area contributed by atoms with Crippen LogP contribution in [0.3, 0.4) is 0 Å². The highest BCUT2D eigenvalue weighted by atomic mass is 32.2. The summed E-state index contributed by atoms with van der Waals surface area (Å²) in [5.74, 6) is -1.51. The molecule has 0 spiro atoms. The number of ketones is 1. The van der Waals surface area contributed by atoms with Crippen molar-refractivity contribution in [1.82, 2.24) is 0 Å². The van der Waals surface area contributed by atoms with Gasteiger partial charge in [-0.2, -0.15) is 5.26 Å². The number of nitriles is 1. The number of carbonyl (C=O) groups excluding carboxylic acids is 1. The first-order chi connectivity index (χ1) is 14.1. The first-order valence-electron chi connectivity index (χ1n) is 10.0. The Bertz CT molecular complexity index is 1050. The van der Waals surface area contributed by atoms with Crippen LogP contribution in [0.1, 0.15) is 56.2 Å². The van der Waals surface area contributed by atoms with Gasteiger partial charge in [0.25, 0.3) is 0 Å². The number of hydrogen-bond acceptors (Lipinski definition) is 4. The van der Waals surface area contributed by atoms with Crippen LogP contribution in [0.2, 0.25) is 0 Å². The maximum atomic E-state index is 13.5. The van der Waals surface area contributed by atoms with E-state index in [1.165, 1.54) is 12.1 Å². The van der Waals surface area contributed by atoms with E-state index < -0.39 is 21.0 Å². The molecule has 1 aliphatic carbocycles. The number of rotatable bonds is 6. The number of halogens is 1. The predicted molar refractivity (Wildman–Crippen MR) is 114 cm³/mol. The van der Waals surface area contributed by atoms with Crippen molar-refractivity contribution in [2.24, 2.45) is 5.41 Å². The van der Waals surface area contributed by atoms with E-state index in [9.17, 15) is 17.6 Å². The number of nitrogens with zero attached hydrogens (tertiary/aromatic N) is 1. The quantitative estimate of drug-likeness (QED) is 0.668. The molecule has 0 aromatic heterocycles. The smallest absolute Gasteiger partial charge is 0.161 e. The van der Waals surface area contributed by atoms with Crippen LogP contribution >= 0.6 is 0 Å². The Hall–Kier alpha value is -2.52. The van der Waals surface area contributed by atoms with Crippen molar-refractivity contribution in [3.63, 3.8) is 0 Å². The van der Waals surface area contributed by atoms with Gasteiger partial charge in [0.15, 0.2) is 15.6 Å². The molecule has 0 heterocycles. The highest BCUT2D eigenvalue weighted by Gasteiger charge is 2.45. The summed E-state index contributed by atoms with van der Waals surface area (Å²) in [6.07, 6.45) is 2.70. The molecule has 0 aliphatic heterocycles. The van der Waals surface area contributed by atoms with Crippen LogP contribution < -0.4 is 0 Å². The fourth-order valence-electron chi connectivity index (χ4n) is 4.17. The molecule has 4 nitrogen and oxygen atoms in total. The molecule has 158 valence electrons. The van der Waals surface area contributed by atoms with Crippen molar-refractivity contribution in [3.05, 3.63) is 71.0 Å². The Balaban J connectivity index is 1.85. The Morgan fingerprint density at radius 3 is 2.10 bits per heavy atom. The van der Waals surface area contributed by atoms with Crippen molar-refractivity contribution >= 4 is 15.6 Å². The van der Waals surface area contributed by atoms with Gasteiger partial charge < -0.3 is 0 Å². The second-order valence-electron chi connectivity index (χ2n) is 9.02. The molecular formula is C24H26FNO3S. The molecule has 0 bridgehead atoms. The molecule has 1 saturated carbocycles. The molecule has 1 aliphatic rings. The minimum Gasteiger partial charge on any atom is -0.298 e. The second-order valence-corrected chi connectivity index (χ2v) is 11.1. The third kappa shape index (κ3) is 4.96. The lowest BCUT2D eigenvalue weighted by Crippen LogP contribution is -2.44. The van der Waals surface area contributed by atoms with Crippen LogP contribution in [-0.4, -0.2) is 20.0 Å². The summed E-state index contributed by atoms with van der Waals surface area (Å²) in [5.41, 5.74) is 0.874.